The number of imidazole rings is 1. The first-order chi connectivity index (χ1) is 19.9. The quantitative estimate of drug-likeness (QED) is 0.312. The topological polar surface area (TPSA) is 109 Å². The van der Waals surface area contributed by atoms with Gasteiger partial charge in [0.15, 0.2) is 22.8 Å². The number of rotatable bonds is 8. The largest absolute Gasteiger partial charge is 0.364 e. The Morgan fingerprint density at radius 1 is 0.905 bits per heavy atom. The molecule has 0 saturated carbocycles. The van der Waals surface area contributed by atoms with Crippen LogP contribution in [0.25, 0.3) is 16.9 Å². The molecule has 226 valence electrons. The summed E-state index contributed by atoms with van der Waals surface area (Å²) >= 11 is 0. The highest BCUT2D eigenvalue weighted by atomic mass is 35.5. The number of halogens is 1. The van der Waals surface area contributed by atoms with E-state index in [-0.39, 0.29) is 24.5 Å². The van der Waals surface area contributed by atoms with Crippen LogP contribution in [-0.4, -0.2) is 85.6 Å². The second-order valence-corrected chi connectivity index (χ2v) is 11.8. The van der Waals surface area contributed by atoms with Gasteiger partial charge < -0.3 is 25.4 Å². The minimum absolute atomic E-state index is 0. The first-order valence-electron chi connectivity index (χ1n) is 15.0. The SMILES string of the molecule is CC(C)N1CCN(c2ccn(-c3ccccc3CNc3nc(N4CCC(N)CC4)nc4c3ncn4C(C)C)n2)CC1.Cl. The van der Waals surface area contributed by atoms with Crippen LogP contribution in [0.3, 0.4) is 0 Å². The molecule has 11 nitrogen and oxygen atoms in total. The van der Waals surface area contributed by atoms with Gasteiger partial charge in [0.05, 0.1) is 12.0 Å². The molecule has 0 aliphatic carbocycles. The van der Waals surface area contributed by atoms with Crippen LogP contribution in [0.4, 0.5) is 17.6 Å². The molecule has 3 N–H and O–H groups in total. The zero-order valence-corrected chi connectivity index (χ0v) is 26.0. The van der Waals surface area contributed by atoms with Crippen LogP contribution in [-0.2, 0) is 6.54 Å². The molecule has 2 aliphatic heterocycles. The molecule has 0 spiro atoms. The first-order valence-corrected chi connectivity index (χ1v) is 15.0. The predicted molar refractivity (Wildman–Crippen MR) is 172 cm³/mol. The molecule has 6 rings (SSSR count). The van der Waals surface area contributed by atoms with Gasteiger partial charge in [0.25, 0.3) is 0 Å². The van der Waals surface area contributed by atoms with Crippen LogP contribution < -0.4 is 20.9 Å². The van der Waals surface area contributed by atoms with Gasteiger partial charge in [-0.2, -0.15) is 15.1 Å². The number of nitrogens with zero attached hydrogens (tertiary/aromatic N) is 9. The fourth-order valence-corrected chi connectivity index (χ4v) is 5.79. The molecule has 0 atom stereocenters. The van der Waals surface area contributed by atoms with Crippen molar-refractivity contribution in [2.24, 2.45) is 5.73 Å². The Labute approximate surface area is 254 Å². The van der Waals surface area contributed by atoms with Crippen molar-refractivity contribution in [1.29, 1.82) is 0 Å². The summed E-state index contributed by atoms with van der Waals surface area (Å²) in [6.45, 7) is 15.3. The van der Waals surface area contributed by atoms with Crippen molar-refractivity contribution in [1.82, 2.24) is 34.2 Å². The number of nitrogens with one attached hydrogen (secondary N) is 1. The molecular formula is C30H44ClN11. The van der Waals surface area contributed by atoms with Gasteiger partial charge in [0, 0.05) is 76.2 Å². The molecule has 0 bridgehead atoms. The summed E-state index contributed by atoms with van der Waals surface area (Å²) in [4.78, 5) is 21.8. The standard InChI is InChI=1S/C30H43N11.ClH/c1-21(2)37-15-17-38(18-16-37)26-11-14-41(36-26)25-8-6-5-7-23(25)19-32-28-27-29(40(20-33-27)22(3)4)35-30(34-28)39-12-9-24(31)10-13-39;/h5-8,11,14,20-22,24H,9-10,12-13,15-19,31H2,1-4H3,(H,32,34,35);1H. The van der Waals surface area contributed by atoms with E-state index in [0.717, 1.165) is 92.1 Å². The summed E-state index contributed by atoms with van der Waals surface area (Å²) < 4.78 is 4.11. The fourth-order valence-electron chi connectivity index (χ4n) is 5.79. The minimum atomic E-state index is 0. The van der Waals surface area contributed by atoms with Gasteiger partial charge in [0.1, 0.15) is 0 Å². The summed E-state index contributed by atoms with van der Waals surface area (Å²) in [5.41, 5.74) is 9.99. The molecular weight excluding hydrogens is 550 g/mol. The molecule has 0 unspecified atom stereocenters. The maximum absolute atomic E-state index is 6.17. The maximum atomic E-state index is 6.17. The van der Waals surface area contributed by atoms with Crippen molar-refractivity contribution >= 4 is 41.2 Å². The van der Waals surface area contributed by atoms with Crippen molar-refractivity contribution in [3.63, 3.8) is 0 Å². The second kappa shape index (κ2) is 12.8. The smallest absolute Gasteiger partial charge is 0.229 e. The lowest BCUT2D eigenvalue weighted by Crippen LogP contribution is -2.49. The Hall–Kier alpha value is -3.41. The molecule has 0 radical (unpaired) electrons. The van der Waals surface area contributed by atoms with Crippen molar-refractivity contribution in [2.75, 3.05) is 54.4 Å². The summed E-state index contributed by atoms with van der Waals surface area (Å²) in [6, 6.07) is 11.6. The Kier molecular flexibility index (Phi) is 9.19. The molecule has 4 aromatic rings. The van der Waals surface area contributed by atoms with E-state index in [1.54, 1.807) is 0 Å². The van der Waals surface area contributed by atoms with Gasteiger partial charge in [-0.3, -0.25) is 4.90 Å². The van der Waals surface area contributed by atoms with Crippen LogP contribution >= 0.6 is 12.4 Å². The van der Waals surface area contributed by atoms with Crippen LogP contribution in [0.15, 0.2) is 42.9 Å². The van der Waals surface area contributed by atoms with E-state index in [9.17, 15) is 0 Å². The number of piperazine rings is 1. The molecule has 3 aromatic heterocycles. The number of nitrogens with two attached hydrogens (primary N) is 1. The van der Waals surface area contributed by atoms with E-state index in [2.05, 4.69) is 88.8 Å². The normalized spacial score (nSPS) is 16.9. The summed E-state index contributed by atoms with van der Waals surface area (Å²) in [6.07, 6.45) is 5.82. The Morgan fingerprint density at radius 2 is 1.64 bits per heavy atom. The van der Waals surface area contributed by atoms with E-state index in [1.807, 2.05) is 11.0 Å². The van der Waals surface area contributed by atoms with Crippen molar-refractivity contribution in [3.8, 4) is 5.69 Å². The summed E-state index contributed by atoms with van der Waals surface area (Å²) in [7, 11) is 0. The van der Waals surface area contributed by atoms with Gasteiger partial charge in [-0.05, 0) is 52.2 Å². The van der Waals surface area contributed by atoms with Gasteiger partial charge in [-0.1, -0.05) is 18.2 Å². The van der Waals surface area contributed by atoms with Gasteiger partial charge in [-0.15, -0.1) is 12.4 Å². The van der Waals surface area contributed by atoms with Gasteiger partial charge in [-0.25, -0.2) is 9.67 Å². The third-order valence-electron chi connectivity index (χ3n) is 8.42. The van der Waals surface area contributed by atoms with E-state index in [0.29, 0.717) is 12.6 Å². The number of fused-ring (bicyclic) bond motifs is 1. The minimum Gasteiger partial charge on any atom is -0.364 e. The van der Waals surface area contributed by atoms with Gasteiger partial charge in [0.2, 0.25) is 5.95 Å². The molecule has 5 heterocycles. The van der Waals surface area contributed by atoms with Crippen LogP contribution in [0, 0.1) is 0 Å². The molecule has 2 fully saturated rings. The first kappa shape index (κ1) is 30.1. The number of benzene rings is 1. The van der Waals surface area contributed by atoms with Crippen LogP contribution in [0.5, 0.6) is 0 Å². The van der Waals surface area contributed by atoms with Crippen molar-refractivity contribution in [2.45, 2.75) is 65.2 Å². The average molecular weight is 594 g/mol. The van der Waals surface area contributed by atoms with E-state index >= 15 is 0 Å². The predicted octanol–water partition coefficient (Wildman–Crippen LogP) is 4.08. The Balaban J connectivity index is 0.00000353. The molecule has 0 amide bonds. The third-order valence-corrected chi connectivity index (χ3v) is 8.42. The van der Waals surface area contributed by atoms with Crippen molar-refractivity contribution < 1.29 is 0 Å². The highest BCUT2D eigenvalue weighted by Crippen LogP contribution is 2.27. The lowest BCUT2D eigenvalue weighted by Gasteiger charge is -2.37. The number of piperidine rings is 1. The molecule has 12 heteroatoms. The van der Waals surface area contributed by atoms with Crippen LogP contribution in [0.1, 0.15) is 52.1 Å². The number of aromatic nitrogens is 6. The third kappa shape index (κ3) is 6.18. The van der Waals surface area contributed by atoms with Crippen molar-refractivity contribution in [3.05, 3.63) is 48.4 Å². The lowest BCUT2D eigenvalue weighted by molar-refractivity contribution is 0.209. The zero-order valence-electron chi connectivity index (χ0n) is 25.1. The van der Waals surface area contributed by atoms with E-state index < -0.39 is 0 Å². The Bertz CT molecular complexity index is 1460. The Morgan fingerprint density at radius 3 is 2.36 bits per heavy atom. The average Bonchev–Trinajstić information content (AvgIpc) is 3.65. The fraction of sp³-hybridized carbons (Fsp3) is 0.533. The highest BCUT2D eigenvalue weighted by Gasteiger charge is 2.23. The number of para-hydroxylation sites is 1. The van der Waals surface area contributed by atoms with Gasteiger partial charge >= 0.3 is 0 Å². The van der Waals surface area contributed by atoms with E-state index in [1.165, 1.54) is 0 Å². The molecule has 42 heavy (non-hydrogen) atoms. The van der Waals surface area contributed by atoms with E-state index in [4.69, 9.17) is 25.8 Å². The molecule has 2 aliphatic rings. The highest BCUT2D eigenvalue weighted by molar-refractivity contribution is 5.85. The number of anilines is 3. The molecule has 1 aromatic carbocycles. The summed E-state index contributed by atoms with van der Waals surface area (Å²) in [5.74, 6) is 2.51. The number of hydrogen-bond donors (Lipinski definition) is 2. The monoisotopic (exact) mass is 593 g/mol. The lowest BCUT2D eigenvalue weighted by atomic mass is 10.1. The number of hydrogen-bond acceptors (Lipinski definition) is 9. The zero-order chi connectivity index (χ0) is 28.5. The molecule has 2 saturated heterocycles. The van der Waals surface area contributed by atoms with Crippen LogP contribution in [0.2, 0.25) is 0 Å². The maximum Gasteiger partial charge on any atom is 0.229 e. The summed E-state index contributed by atoms with van der Waals surface area (Å²) in [5, 5.41) is 8.59. The second-order valence-electron chi connectivity index (χ2n) is 11.8.